The fourth-order valence-corrected chi connectivity index (χ4v) is 2.34. The zero-order chi connectivity index (χ0) is 24.1. The highest BCUT2D eigenvalue weighted by Gasteiger charge is 2.29. The van der Waals surface area contributed by atoms with E-state index in [1.807, 2.05) is 23.8 Å². The van der Waals surface area contributed by atoms with Gasteiger partial charge in [0.1, 0.15) is 19.4 Å². The first-order valence-electron chi connectivity index (χ1n) is 9.47. The molecule has 0 aliphatic carbocycles. The van der Waals surface area contributed by atoms with E-state index in [9.17, 15) is 9.59 Å². The second kappa shape index (κ2) is 20.4. The number of aliphatic hydroxyl groups excluding tert-OH is 3. The molecule has 0 aromatic carbocycles. The van der Waals surface area contributed by atoms with Crippen LogP contribution in [0.1, 0.15) is 12.8 Å². The van der Waals surface area contributed by atoms with Crippen molar-refractivity contribution < 1.29 is 29.6 Å². The smallest absolute Gasteiger partial charge is 0.248 e. The molecule has 0 spiro atoms. The molecule has 172 valence electrons. The van der Waals surface area contributed by atoms with Crippen LogP contribution in [0, 0.1) is 37.0 Å². The number of rotatable bonds is 9. The van der Waals surface area contributed by atoms with Crippen molar-refractivity contribution in [1.29, 1.82) is 0 Å². The van der Waals surface area contributed by atoms with E-state index in [2.05, 4.69) is 18.8 Å². The monoisotopic (exact) mass is 435 g/mol. The zero-order valence-electron chi connectivity index (χ0n) is 18.2. The molecular formula is C22H33N3O6. The van der Waals surface area contributed by atoms with Crippen LogP contribution in [0.3, 0.4) is 0 Å². The van der Waals surface area contributed by atoms with E-state index >= 15 is 0 Å². The van der Waals surface area contributed by atoms with Crippen LogP contribution in [0.25, 0.3) is 0 Å². The number of nitrogens with zero attached hydrogens (tertiary/aromatic N) is 3. The zero-order valence-corrected chi connectivity index (χ0v) is 18.2. The van der Waals surface area contributed by atoms with Gasteiger partial charge in [-0.15, -0.1) is 19.3 Å². The topological polar surface area (TPSA) is 114 Å². The summed E-state index contributed by atoms with van der Waals surface area (Å²) in [6.45, 7) is 1.28. The minimum absolute atomic E-state index is 0.00668. The summed E-state index contributed by atoms with van der Waals surface area (Å²) in [5.74, 6) is 6.08. The van der Waals surface area contributed by atoms with Crippen LogP contribution in [-0.2, 0) is 14.3 Å². The van der Waals surface area contributed by atoms with Crippen LogP contribution in [0.5, 0.6) is 0 Å². The molecule has 3 N–H and O–H groups in total. The Hall–Kier alpha value is -2.84. The number of carbonyl (C=O) groups is 2. The lowest BCUT2D eigenvalue weighted by Crippen LogP contribution is -2.34. The predicted octanol–water partition coefficient (Wildman–Crippen LogP) is -1.30. The maximum absolute atomic E-state index is 11.8. The molecular weight excluding hydrogens is 402 g/mol. The number of hydrogen-bond acceptors (Lipinski definition) is 7. The van der Waals surface area contributed by atoms with E-state index in [-0.39, 0.29) is 44.6 Å². The van der Waals surface area contributed by atoms with Gasteiger partial charge in [-0.25, -0.2) is 0 Å². The van der Waals surface area contributed by atoms with E-state index in [4.69, 9.17) is 26.5 Å². The maximum Gasteiger partial charge on any atom is 0.248 e. The van der Waals surface area contributed by atoms with Crippen molar-refractivity contribution in [3.05, 3.63) is 12.3 Å². The molecule has 1 aliphatic rings. The summed E-state index contributed by atoms with van der Waals surface area (Å²) in [4.78, 5) is 27.7. The number of likely N-dealkylation sites (N-methyl/N-ethyl adjacent to an activating group) is 2. The lowest BCUT2D eigenvalue weighted by molar-refractivity contribution is -0.126. The Kier molecular flexibility index (Phi) is 20.0. The van der Waals surface area contributed by atoms with Crippen molar-refractivity contribution in [3.63, 3.8) is 0 Å². The van der Waals surface area contributed by atoms with Gasteiger partial charge in [0.15, 0.2) is 0 Å². The van der Waals surface area contributed by atoms with Gasteiger partial charge < -0.3 is 29.9 Å². The van der Waals surface area contributed by atoms with E-state index in [1.54, 1.807) is 7.05 Å². The van der Waals surface area contributed by atoms with Gasteiger partial charge in [-0.3, -0.25) is 14.5 Å². The summed E-state index contributed by atoms with van der Waals surface area (Å²) in [5, 5.41) is 24.2. The number of ether oxygens (including phenoxy) is 1. The average Bonchev–Trinajstić information content (AvgIpc) is 3.22. The Labute approximate surface area is 185 Å². The summed E-state index contributed by atoms with van der Waals surface area (Å²) in [6.07, 6.45) is 18.7. The van der Waals surface area contributed by atoms with E-state index in [0.29, 0.717) is 25.9 Å². The van der Waals surface area contributed by atoms with Crippen LogP contribution in [0.4, 0.5) is 0 Å². The summed E-state index contributed by atoms with van der Waals surface area (Å²) in [5.41, 5.74) is 0. The largest absolute Gasteiger partial charge is 0.395 e. The number of amides is 2. The van der Waals surface area contributed by atoms with Crippen LogP contribution in [0.2, 0.25) is 0 Å². The molecule has 0 bridgehead atoms. The molecule has 1 fully saturated rings. The summed E-state index contributed by atoms with van der Waals surface area (Å²) < 4.78 is 5.83. The molecule has 1 aliphatic heterocycles. The van der Waals surface area contributed by atoms with Crippen molar-refractivity contribution in [2.24, 2.45) is 0 Å². The minimum Gasteiger partial charge on any atom is -0.395 e. The normalized spacial score (nSPS) is 16.6. The van der Waals surface area contributed by atoms with Crippen molar-refractivity contribution in [3.8, 4) is 37.0 Å². The number of terminal acetylenes is 3. The first-order valence-corrected chi connectivity index (χ1v) is 9.47. The molecule has 0 radical (unpaired) electrons. The highest BCUT2D eigenvalue weighted by Crippen LogP contribution is 2.22. The molecule has 9 heteroatoms. The van der Waals surface area contributed by atoms with E-state index in [1.165, 1.54) is 22.1 Å². The maximum atomic E-state index is 11.8. The van der Waals surface area contributed by atoms with Gasteiger partial charge in [0.25, 0.3) is 0 Å². The quantitative estimate of drug-likeness (QED) is 0.234. The molecule has 1 saturated heterocycles. The third kappa shape index (κ3) is 15.6. The van der Waals surface area contributed by atoms with Gasteiger partial charge in [0.05, 0.1) is 19.3 Å². The lowest BCUT2D eigenvalue weighted by Gasteiger charge is -2.23. The first kappa shape index (κ1) is 30.4. The van der Waals surface area contributed by atoms with Gasteiger partial charge in [-0.05, 0) is 19.9 Å². The van der Waals surface area contributed by atoms with Crippen molar-refractivity contribution in [2.75, 3.05) is 53.6 Å². The van der Waals surface area contributed by atoms with Gasteiger partial charge in [-0.1, -0.05) is 17.8 Å². The minimum atomic E-state index is -0.373. The Morgan fingerprint density at radius 2 is 1.68 bits per heavy atom. The average molecular weight is 436 g/mol. The molecule has 31 heavy (non-hydrogen) atoms. The third-order valence-corrected chi connectivity index (χ3v) is 3.81. The van der Waals surface area contributed by atoms with Gasteiger partial charge in [-0.2, -0.15) is 0 Å². The summed E-state index contributed by atoms with van der Waals surface area (Å²) in [7, 11) is 3.50. The molecule has 2 atom stereocenters. The van der Waals surface area contributed by atoms with Crippen LogP contribution >= 0.6 is 0 Å². The first-order chi connectivity index (χ1) is 14.8. The standard InChI is InChI=1S/C16H25N3O4.2C3H4O/c1-4-8-18(3)15(22)7-9-19(13-21)16-6-5-14(23-16)12-17(2)10-11-20;2*1-2-3-4/h1,7,9,13-14,16,20H,5-6,8,10-12H2,2-3H3;2*1,4H,3H2/b9-7-;;. The molecule has 0 saturated carbocycles. The molecule has 0 aromatic heterocycles. The number of carbonyl (C=O) groups excluding carboxylic acids is 2. The van der Waals surface area contributed by atoms with Crippen molar-refractivity contribution in [2.45, 2.75) is 25.2 Å². The molecule has 0 aromatic rings. The fourth-order valence-electron chi connectivity index (χ4n) is 2.34. The molecule has 1 heterocycles. The fraction of sp³-hybridized carbons (Fsp3) is 0.545. The molecule has 9 nitrogen and oxygen atoms in total. The van der Waals surface area contributed by atoms with Gasteiger partial charge in [0, 0.05) is 32.4 Å². The second-order valence-electron chi connectivity index (χ2n) is 6.27. The Balaban J connectivity index is 0. The van der Waals surface area contributed by atoms with Crippen LogP contribution in [-0.4, -0.2) is 108 Å². The van der Waals surface area contributed by atoms with Gasteiger partial charge in [0.2, 0.25) is 12.3 Å². The molecule has 2 unspecified atom stereocenters. The predicted molar refractivity (Wildman–Crippen MR) is 118 cm³/mol. The van der Waals surface area contributed by atoms with E-state index < -0.39 is 0 Å². The third-order valence-electron chi connectivity index (χ3n) is 3.81. The summed E-state index contributed by atoms with van der Waals surface area (Å²) >= 11 is 0. The molecule has 2 amide bonds. The van der Waals surface area contributed by atoms with Crippen LogP contribution in [0.15, 0.2) is 12.3 Å². The number of aliphatic hydroxyl groups is 3. The highest BCUT2D eigenvalue weighted by molar-refractivity contribution is 5.87. The Morgan fingerprint density at radius 3 is 2.13 bits per heavy atom. The van der Waals surface area contributed by atoms with Crippen molar-refractivity contribution in [1.82, 2.24) is 14.7 Å². The second-order valence-corrected chi connectivity index (χ2v) is 6.27. The van der Waals surface area contributed by atoms with Gasteiger partial charge >= 0.3 is 0 Å². The lowest BCUT2D eigenvalue weighted by atomic mass is 10.2. The highest BCUT2D eigenvalue weighted by atomic mass is 16.5. The van der Waals surface area contributed by atoms with Crippen molar-refractivity contribution >= 4 is 12.3 Å². The SMILES string of the molecule is C#CCN(C)C(=O)/C=C\N(C=O)C1CCC(CN(C)CCO)O1.C#CCO.C#CCO. The summed E-state index contributed by atoms with van der Waals surface area (Å²) in [6, 6.07) is 0. The Morgan fingerprint density at radius 1 is 1.10 bits per heavy atom. The van der Waals surface area contributed by atoms with Crippen LogP contribution < -0.4 is 0 Å². The molecule has 1 rings (SSSR count). The number of hydrogen-bond donors (Lipinski definition) is 3. The van der Waals surface area contributed by atoms with E-state index in [0.717, 1.165) is 6.42 Å². The Bertz CT molecular complexity index is 633.